The molecule has 162 valence electrons. The van der Waals surface area contributed by atoms with Gasteiger partial charge in [-0.3, -0.25) is 4.68 Å². The molecule has 2 N–H and O–H groups in total. The van der Waals surface area contributed by atoms with Crippen LogP contribution in [0.4, 0.5) is 0 Å². The summed E-state index contributed by atoms with van der Waals surface area (Å²) in [6, 6.07) is 10.4. The summed E-state index contributed by atoms with van der Waals surface area (Å²) in [5.74, 6) is 0.829. The number of hydrogen-bond donors (Lipinski definition) is 2. The second kappa shape index (κ2) is 12.0. The van der Waals surface area contributed by atoms with Gasteiger partial charge in [-0.05, 0) is 33.3 Å². The Labute approximate surface area is 200 Å². The Bertz CT molecular complexity index is 948. The lowest BCUT2D eigenvalue weighted by atomic mass is 10.2. The zero-order chi connectivity index (χ0) is 20.6. The van der Waals surface area contributed by atoms with Crippen LogP contribution in [-0.2, 0) is 19.5 Å². The van der Waals surface area contributed by atoms with Crippen molar-refractivity contribution in [2.75, 3.05) is 13.1 Å². The van der Waals surface area contributed by atoms with Crippen LogP contribution in [0, 0.1) is 20.8 Å². The predicted octanol–water partition coefficient (Wildman–Crippen LogP) is 4.23. The van der Waals surface area contributed by atoms with Crippen LogP contribution in [0.5, 0.6) is 0 Å². The first-order valence-corrected chi connectivity index (χ1v) is 10.9. The van der Waals surface area contributed by atoms with Crippen LogP contribution in [0.2, 0.25) is 0 Å². The largest absolute Gasteiger partial charge is 0.357 e. The molecule has 8 heteroatoms. The molecule has 0 saturated carbocycles. The normalized spacial score (nSPS) is 11.3. The van der Waals surface area contributed by atoms with Gasteiger partial charge in [-0.2, -0.15) is 5.10 Å². The molecule has 1 aromatic carbocycles. The molecule has 3 aromatic rings. The first kappa shape index (κ1) is 24.3. The third-order valence-electron chi connectivity index (χ3n) is 4.75. The van der Waals surface area contributed by atoms with Crippen molar-refractivity contribution in [3.8, 4) is 0 Å². The molecular formula is C22H31IN6S. The van der Waals surface area contributed by atoms with Gasteiger partial charge in [-0.15, -0.1) is 35.3 Å². The van der Waals surface area contributed by atoms with E-state index in [4.69, 9.17) is 10.1 Å². The smallest absolute Gasteiger partial charge is 0.191 e. The molecule has 0 unspecified atom stereocenters. The molecule has 0 atom stereocenters. The van der Waals surface area contributed by atoms with Crippen molar-refractivity contribution in [1.29, 1.82) is 0 Å². The fraction of sp³-hybridized carbons (Fsp3) is 0.409. The number of aryl methyl sites for hydroxylation is 2. The molecule has 3 rings (SSSR count). The number of hydrogen-bond acceptors (Lipinski definition) is 4. The van der Waals surface area contributed by atoms with Crippen molar-refractivity contribution in [1.82, 2.24) is 25.4 Å². The number of nitrogens with zero attached hydrogens (tertiary/aromatic N) is 4. The van der Waals surface area contributed by atoms with Crippen LogP contribution in [0.25, 0.3) is 0 Å². The molecule has 0 saturated heterocycles. The number of halogens is 1. The highest BCUT2D eigenvalue weighted by molar-refractivity contribution is 14.0. The Morgan fingerprint density at radius 1 is 1.13 bits per heavy atom. The quantitative estimate of drug-likeness (QED) is 0.256. The van der Waals surface area contributed by atoms with Crippen molar-refractivity contribution in [2.45, 2.75) is 47.2 Å². The van der Waals surface area contributed by atoms with E-state index in [1.54, 1.807) is 11.3 Å². The zero-order valence-corrected chi connectivity index (χ0v) is 21.3. The molecule has 2 heterocycles. The van der Waals surface area contributed by atoms with Gasteiger partial charge in [0.2, 0.25) is 0 Å². The summed E-state index contributed by atoms with van der Waals surface area (Å²) < 4.78 is 2.07. The summed E-state index contributed by atoms with van der Waals surface area (Å²) in [5, 5.41) is 12.6. The topological polar surface area (TPSA) is 67.1 Å². The van der Waals surface area contributed by atoms with E-state index in [9.17, 15) is 0 Å². The van der Waals surface area contributed by atoms with Crippen LogP contribution in [-0.4, -0.2) is 33.8 Å². The average Bonchev–Trinajstić information content (AvgIpc) is 3.24. The van der Waals surface area contributed by atoms with Gasteiger partial charge in [-0.25, -0.2) is 9.98 Å². The van der Waals surface area contributed by atoms with E-state index >= 15 is 0 Å². The number of guanidine groups is 1. The van der Waals surface area contributed by atoms with Crippen LogP contribution in [0.1, 0.15) is 39.3 Å². The first-order valence-electron chi connectivity index (χ1n) is 10.1. The molecule has 6 nitrogen and oxygen atoms in total. The summed E-state index contributed by atoms with van der Waals surface area (Å²) in [7, 11) is 0. The Hall–Kier alpha value is -1.94. The Kier molecular flexibility index (Phi) is 9.77. The molecule has 0 fully saturated rings. The molecule has 0 aliphatic heterocycles. The van der Waals surface area contributed by atoms with Gasteiger partial charge >= 0.3 is 0 Å². The molecule has 30 heavy (non-hydrogen) atoms. The lowest BCUT2D eigenvalue weighted by Gasteiger charge is -2.11. The van der Waals surface area contributed by atoms with E-state index in [0.29, 0.717) is 6.54 Å². The minimum absolute atomic E-state index is 0. The summed E-state index contributed by atoms with van der Waals surface area (Å²) in [4.78, 5) is 10.5. The third-order valence-corrected chi connectivity index (χ3v) is 5.72. The summed E-state index contributed by atoms with van der Waals surface area (Å²) in [6.45, 7) is 11.4. The molecular weight excluding hydrogens is 507 g/mol. The monoisotopic (exact) mass is 538 g/mol. The van der Waals surface area contributed by atoms with Crippen LogP contribution in [0.3, 0.4) is 0 Å². The van der Waals surface area contributed by atoms with Crippen molar-refractivity contribution in [3.05, 3.63) is 68.9 Å². The lowest BCUT2D eigenvalue weighted by Crippen LogP contribution is -2.38. The van der Waals surface area contributed by atoms with Gasteiger partial charge in [0, 0.05) is 41.8 Å². The highest BCUT2D eigenvalue weighted by atomic mass is 127. The average molecular weight is 539 g/mol. The second-order valence-corrected chi connectivity index (χ2v) is 8.35. The van der Waals surface area contributed by atoms with Gasteiger partial charge in [0.15, 0.2) is 5.96 Å². The Morgan fingerprint density at radius 3 is 2.57 bits per heavy atom. The van der Waals surface area contributed by atoms with Gasteiger partial charge < -0.3 is 10.6 Å². The maximum Gasteiger partial charge on any atom is 0.191 e. The van der Waals surface area contributed by atoms with Crippen LogP contribution in [0.15, 0.2) is 41.5 Å². The van der Waals surface area contributed by atoms with Crippen molar-refractivity contribution >= 4 is 41.3 Å². The second-order valence-electron chi connectivity index (χ2n) is 7.03. The number of thiazole rings is 1. The van der Waals surface area contributed by atoms with E-state index in [2.05, 4.69) is 72.3 Å². The lowest BCUT2D eigenvalue weighted by molar-refractivity contribution is 0.658. The maximum absolute atomic E-state index is 4.79. The molecule has 0 aliphatic carbocycles. The number of benzene rings is 1. The Morgan fingerprint density at radius 2 is 1.90 bits per heavy atom. The number of rotatable bonds is 8. The van der Waals surface area contributed by atoms with Crippen LogP contribution >= 0.6 is 35.3 Å². The third kappa shape index (κ3) is 6.80. The molecule has 0 aliphatic rings. The minimum Gasteiger partial charge on any atom is -0.357 e. The summed E-state index contributed by atoms with van der Waals surface area (Å²) in [5.41, 5.74) is 4.65. The molecule has 0 bridgehead atoms. The minimum atomic E-state index is 0. The molecule has 2 aromatic heterocycles. The number of nitrogens with one attached hydrogen (secondary N) is 2. The summed E-state index contributed by atoms with van der Waals surface area (Å²) >= 11 is 1.75. The van der Waals surface area contributed by atoms with Crippen molar-refractivity contribution < 1.29 is 0 Å². The van der Waals surface area contributed by atoms with Gasteiger partial charge in [0.25, 0.3) is 0 Å². The first-order chi connectivity index (χ1) is 14.1. The molecule has 0 spiro atoms. The van der Waals surface area contributed by atoms with E-state index in [1.165, 1.54) is 21.7 Å². The fourth-order valence-corrected chi connectivity index (χ4v) is 3.96. The number of aliphatic imine (C=N–C) groups is 1. The Balaban J connectivity index is 0.00000320. The highest BCUT2D eigenvalue weighted by Crippen LogP contribution is 2.16. The fourth-order valence-electron chi connectivity index (χ4n) is 3.18. The number of aromatic nitrogens is 3. The van der Waals surface area contributed by atoms with Gasteiger partial charge in [0.05, 0.1) is 23.8 Å². The van der Waals surface area contributed by atoms with E-state index < -0.39 is 0 Å². The van der Waals surface area contributed by atoms with Gasteiger partial charge in [-0.1, -0.05) is 30.3 Å². The van der Waals surface area contributed by atoms with Crippen LogP contribution < -0.4 is 10.6 Å². The van der Waals surface area contributed by atoms with E-state index in [1.807, 2.05) is 12.3 Å². The molecule has 0 amide bonds. The van der Waals surface area contributed by atoms with Crippen molar-refractivity contribution in [3.63, 3.8) is 0 Å². The SMILES string of the molecule is CCNC(=NCc1c(C)nn(Cc2ccccc2)c1C)NCCc1ncc(C)s1.I. The van der Waals surface area contributed by atoms with E-state index in [0.717, 1.165) is 42.7 Å². The van der Waals surface area contributed by atoms with E-state index in [-0.39, 0.29) is 24.0 Å². The van der Waals surface area contributed by atoms with Crippen molar-refractivity contribution in [2.24, 2.45) is 4.99 Å². The molecule has 0 radical (unpaired) electrons. The maximum atomic E-state index is 4.79. The predicted molar refractivity (Wildman–Crippen MR) is 136 cm³/mol. The standard InChI is InChI=1S/C22H30N6S.HI/c1-5-23-22(24-12-11-21-25-13-16(2)29-21)26-14-20-17(3)27-28(18(20)4)15-19-9-7-6-8-10-19;/h6-10,13H,5,11-12,14-15H2,1-4H3,(H2,23,24,26);1H. The summed E-state index contributed by atoms with van der Waals surface area (Å²) in [6.07, 6.45) is 2.83. The highest BCUT2D eigenvalue weighted by Gasteiger charge is 2.12. The van der Waals surface area contributed by atoms with Gasteiger partial charge in [0.1, 0.15) is 0 Å². The zero-order valence-electron chi connectivity index (χ0n) is 18.1.